The van der Waals surface area contributed by atoms with Crippen LogP contribution in [-0.4, -0.2) is 36.0 Å². The third-order valence-corrected chi connectivity index (χ3v) is 5.00. The number of nitrogens with zero attached hydrogens (tertiary/aromatic N) is 2. The van der Waals surface area contributed by atoms with Gasteiger partial charge in [-0.15, -0.1) is 0 Å². The van der Waals surface area contributed by atoms with Crippen LogP contribution in [0.1, 0.15) is 22.6 Å². The van der Waals surface area contributed by atoms with Crippen molar-refractivity contribution in [2.75, 3.05) is 20.2 Å². The van der Waals surface area contributed by atoms with Crippen molar-refractivity contribution in [3.63, 3.8) is 0 Å². The van der Waals surface area contributed by atoms with E-state index >= 15 is 0 Å². The highest BCUT2D eigenvalue weighted by Gasteiger charge is 2.42. The highest BCUT2D eigenvalue weighted by molar-refractivity contribution is 5.75. The maximum atomic E-state index is 12.3. The van der Waals surface area contributed by atoms with Crippen LogP contribution in [-0.2, 0) is 16.1 Å². The SMILES string of the molecule is COC(=O)C1CN(Cc2ccccc2)CC1c1cccc(C)c1[N+](=O)[O-]. The van der Waals surface area contributed by atoms with Gasteiger partial charge in [0, 0.05) is 36.7 Å². The molecule has 2 aromatic rings. The first-order chi connectivity index (χ1) is 12.5. The summed E-state index contributed by atoms with van der Waals surface area (Å²) >= 11 is 0. The van der Waals surface area contributed by atoms with Gasteiger partial charge in [-0.1, -0.05) is 48.5 Å². The largest absolute Gasteiger partial charge is 0.469 e. The standard InChI is InChI=1S/C20H22N2O4/c1-14-7-6-10-16(19(14)22(24)25)17-12-21(13-18(17)20(23)26-2)11-15-8-4-3-5-9-15/h3-10,17-18H,11-13H2,1-2H3. The van der Waals surface area contributed by atoms with E-state index in [1.54, 1.807) is 19.1 Å². The Morgan fingerprint density at radius 3 is 2.58 bits per heavy atom. The zero-order chi connectivity index (χ0) is 18.7. The predicted octanol–water partition coefficient (Wildman–Crippen LogP) is 3.29. The predicted molar refractivity (Wildman–Crippen MR) is 97.8 cm³/mol. The van der Waals surface area contributed by atoms with Crippen molar-refractivity contribution in [3.8, 4) is 0 Å². The van der Waals surface area contributed by atoms with Crippen LogP contribution in [0.15, 0.2) is 48.5 Å². The first kappa shape index (κ1) is 18.1. The van der Waals surface area contributed by atoms with Gasteiger partial charge in [0.25, 0.3) is 5.69 Å². The van der Waals surface area contributed by atoms with Crippen molar-refractivity contribution in [2.45, 2.75) is 19.4 Å². The molecule has 0 aromatic heterocycles. The maximum absolute atomic E-state index is 12.3. The smallest absolute Gasteiger partial charge is 0.310 e. The number of hydrogen-bond acceptors (Lipinski definition) is 5. The Morgan fingerprint density at radius 1 is 1.19 bits per heavy atom. The van der Waals surface area contributed by atoms with E-state index in [2.05, 4.69) is 4.90 Å². The number of aryl methyl sites for hydroxylation is 1. The number of methoxy groups -OCH3 is 1. The van der Waals surface area contributed by atoms with Crippen LogP contribution in [0, 0.1) is 23.0 Å². The summed E-state index contributed by atoms with van der Waals surface area (Å²) < 4.78 is 4.98. The fraction of sp³-hybridized carbons (Fsp3) is 0.350. The summed E-state index contributed by atoms with van der Waals surface area (Å²) in [6.45, 7) is 3.53. The summed E-state index contributed by atoms with van der Waals surface area (Å²) in [4.78, 5) is 25.7. The second-order valence-corrected chi connectivity index (χ2v) is 6.69. The minimum atomic E-state index is -0.413. The average molecular weight is 354 g/mol. The van der Waals surface area contributed by atoms with Gasteiger partial charge in [-0.25, -0.2) is 0 Å². The summed E-state index contributed by atoms with van der Waals surface area (Å²) in [5.74, 6) is -0.989. The quantitative estimate of drug-likeness (QED) is 0.468. The van der Waals surface area contributed by atoms with E-state index in [0.717, 1.165) is 5.56 Å². The molecule has 1 aliphatic heterocycles. The number of nitro groups is 1. The number of carbonyl (C=O) groups excluding carboxylic acids is 1. The van der Waals surface area contributed by atoms with Crippen LogP contribution in [0.25, 0.3) is 0 Å². The van der Waals surface area contributed by atoms with Gasteiger partial charge in [0.2, 0.25) is 0 Å². The number of likely N-dealkylation sites (tertiary alicyclic amines) is 1. The zero-order valence-electron chi connectivity index (χ0n) is 14.9. The second kappa shape index (κ2) is 7.66. The Bertz CT molecular complexity index is 807. The molecule has 1 fully saturated rings. The highest BCUT2D eigenvalue weighted by atomic mass is 16.6. The van der Waals surface area contributed by atoms with Gasteiger partial charge in [-0.2, -0.15) is 0 Å². The molecule has 6 nitrogen and oxygen atoms in total. The molecule has 0 amide bonds. The van der Waals surface area contributed by atoms with Crippen molar-refractivity contribution >= 4 is 11.7 Å². The third-order valence-electron chi connectivity index (χ3n) is 5.00. The Hall–Kier alpha value is -2.73. The fourth-order valence-corrected chi connectivity index (χ4v) is 3.79. The number of para-hydroxylation sites is 1. The number of hydrogen-bond donors (Lipinski definition) is 0. The molecule has 0 spiro atoms. The molecule has 0 saturated carbocycles. The molecule has 1 aliphatic rings. The minimum absolute atomic E-state index is 0.105. The summed E-state index contributed by atoms with van der Waals surface area (Å²) in [6, 6.07) is 15.3. The number of nitro benzene ring substituents is 1. The molecule has 2 atom stereocenters. The van der Waals surface area contributed by atoms with Gasteiger partial charge in [0.05, 0.1) is 18.0 Å². The van der Waals surface area contributed by atoms with Gasteiger partial charge in [-0.05, 0) is 12.5 Å². The summed E-state index contributed by atoms with van der Waals surface area (Å²) in [5.41, 5.74) is 2.47. The van der Waals surface area contributed by atoms with Crippen LogP contribution < -0.4 is 0 Å². The molecule has 6 heteroatoms. The fourth-order valence-electron chi connectivity index (χ4n) is 3.79. The Balaban J connectivity index is 1.93. The Labute approximate surface area is 152 Å². The van der Waals surface area contributed by atoms with Crippen molar-refractivity contribution in [2.24, 2.45) is 5.92 Å². The van der Waals surface area contributed by atoms with Crippen molar-refractivity contribution in [1.29, 1.82) is 0 Å². The summed E-state index contributed by atoms with van der Waals surface area (Å²) in [5, 5.41) is 11.6. The van der Waals surface area contributed by atoms with Gasteiger partial charge >= 0.3 is 5.97 Å². The maximum Gasteiger partial charge on any atom is 0.310 e. The number of carbonyl (C=O) groups is 1. The highest BCUT2D eigenvalue weighted by Crippen LogP contribution is 2.39. The zero-order valence-corrected chi connectivity index (χ0v) is 14.9. The van der Waals surface area contributed by atoms with E-state index in [4.69, 9.17) is 4.74 Å². The molecule has 0 N–H and O–H groups in total. The van der Waals surface area contributed by atoms with Crippen molar-refractivity contribution < 1.29 is 14.5 Å². The van der Waals surface area contributed by atoms with E-state index < -0.39 is 5.92 Å². The number of rotatable bonds is 5. The Morgan fingerprint density at radius 2 is 1.92 bits per heavy atom. The first-order valence-corrected chi connectivity index (χ1v) is 8.59. The number of esters is 1. The minimum Gasteiger partial charge on any atom is -0.469 e. The molecule has 0 bridgehead atoms. The van der Waals surface area contributed by atoms with Crippen LogP contribution >= 0.6 is 0 Å². The van der Waals surface area contributed by atoms with Crippen molar-refractivity contribution in [3.05, 3.63) is 75.3 Å². The van der Waals surface area contributed by atoms with E-state index in [9.17, 15) is 14.9 Å². The molecule has 2 aromatic carbocycles. The lowest BCUT2D eigenvalue weighted by molar-refractivity contribution is -0.386. The lowest BCUT2D eigenvalue weighted by Gasteiger charge is -2.17. The summed E-state index contributed by atoms with van der Waals surface area (Å²) in [7, 11) is 1.36. The van der Waals surface area contributed by atoms with Gasteiger partial charge < -0.3 is 4.74 Å². The number of benzene rings is 2. The molecule has 136 valence electrons. The van der Waals surface area contributed by atoms with Crippen LogP contribution in [0.5, 0.6) is 0 Å². The van der Waals surface area contributed by atoms with E-state index in [1.165, 1.54) is 7.11 Å². The van der Waals surface area contributed by atoms with Gasteiger partial charge in [0.1, 0.15) is 0 Å². The Kier molecular flexibility index (Phi) is 5.32. The van der Waals surface area contributed by atoms with Gasteiger partial charge in [0.15, 0.2) is 0 Å². The average Bonchev–Trinajstić information content (AvgIpc) is 3.05. The van der Waals surface area contributed by atoms with Gasteiger partial charge in [-0.3, -0.25) is 19.8 Å². The molecule has 3 rings (SSSR count). The van der Waals surface area contributed by atoms with E-state index in [-0.39, 0.29) is 22.5 Å². The monoisotopic (exact) mass is 354 g/mol. The molecule has 1 saturated heterocycles. The molecule has 0 aliphatic carbocycles. The molecule has 1 heterocycles. The molecular weight excluding hydrogens is 332 g/mol. The molecule has 2 unspecified atom stereocenters. The van der Waals surface area contributed by atoms with Crippen molar-refractivity contribution in [1.82, 2.24) is 4.90 Å². The van der Waals surface area contributed by atoms with Crippen LogP contribution in [0.4, 0.5) is 5.69 Å². The number of ether oxygens (including phenoxy) is 1. The van der Waals surface area contributed by atoms with E-state index in [1.807, 2.05) is 36.4 Å². The molecule has 26 heavy (non-hydrogen) atoms. The topological polar surface area (TPSA) is 72.7 Å². The second-order valence-electron chi connectivity index (χ2n) is 6.69. The third kappa shape index (κ3) is 3.60. The molecule has 0 radical (unpaired) electrons. The normalized spacial score (nSPS) is 20.1. The first-order valence-electron chi connectivity index (χ1n) is 8.59. The summed E-state index contributed by atoms with van der Waals surface area (Å²) in [6.07, 6.45) is 0. The van der Waals surface area contributed by atoms with Crippen LogP contribution in [0.3, 0.4) is 0 Å². The van der Waals surface area contributed by atoms with E-state index in [0.29, 0.717) is 30.8 Å². The molecular formula is C20H22N2O4. The lowest BCUT2D eigenvalue weighted by atomic mass is 9.87. The lowest BCUT2D eigenvalue weighted by Crippen LogP contribution is -2.24. The van der Waals surface area contributed by atoms with Crippen LogP contribution in [0.2, 0.25) is 0 Å².